The summed E-state index contributed by atoms with van der Waals surface area (Å²) in [7, 11) is -3.59. The molecule has 1 fully saturated rings. The molecule has 168 valence electrons. The van der Waals surface area contributed by atoms with Crippen molar-refractivity contribution in [3.05, 3.63) is 75.5 Å². The fourth-order valence-corrected chi connectivity index (χ4v) is 7.42. The van der Waals surface area contributed by atoms with Gasteiger partial charge in [0.05, 0.1) is 5.56 Å². The maximum Gasteiger partial charge on any atom is 0.416 e. The highest BCUT2D eigenvalue weighted by Gasteiger charge is 2.40. The van der Waals surface area contributed by atoms with Crippen LogP contribution in [0.4, 0.5) is 13.2 Å². The molecule has 5 nitrogen and oxygen atoms in total. The first-order valence-corrected chi connectivity index (χ1v) is 12.4. The van der Waals surface area contributed by atoms with Crippen LogP contribution in [0, 0.1) is 5.92 Å². The van der Waals surface area contributed by atoms with Crippen LogP contribution >= 0.6 is 11.3 Å². The van der Waals surface area contributed by atoms with E-state index < -0.39 is 21.8 Å². The van der Waals surface area contributed by atoms with E-state index >= 15 is 0 Å². The summed E-state index contributed by atoms with van der Waals surface area (Å²) in [6.45, 7) is 0.934. The summed E-state index contributed by atoms with van der Waals surface area (Å²) in [4.78, 5) is 13.2. The molecule has 5 rings (SSSR count). The first kappa shape index (κ1) is 21.4. The Morgan fingerprint density at radius 2 is 1.81 bits per heavy atom. The van der Waals surface area contributed by atoms with Crippen LogP contribution in [-0.2, 0) is 22.7 Å². The molecule has 4 heterocycles. The summed E-state index contributed by atoms with van der Waals surface area (Å²) >= 11 is 1.18. The average Bonchev–Trinajstić information content (AvgIpc) is 3.30. The first-order chi connectivity index (χ1) is 15.1. The maximum atomic E-state index is 13.2. The van der Waals surface area contributed by atoms with Crippen LogP contribution in [-0.4, -0.2) is 30.4 Å². The van der Waals surface area contributed by atoms with Gasteiger partial charge in [0, 0.05) is 36.8 Å². The third-order valence-electron chi connectivity index (χ3n) is 6.16. The fraction of sp³-hybridized carbons (Fsp3) is 0.318. The second-order valence-corrected chi connectivity index (χ2v) is 11.3. The molecule has 2 aromatic heterocycles. The van der Waals surface area contributed by atoms with Gasteiger partial charge in [-0.15, -0.1) is 11.3 Å². The van der Waals surface area contributed by atoms with Gasteiger partial charge in [-0.25, -0.2) is 8.42 Å². The van der Waals surface area contributed by atoms with E-state index in [2.05, 4.69) is 0 Å². The zero-order valence-corrected chi connectivity index (χ0v) is 18.4. The molecule has 2 aliphatic heterocycles. The molecular weight excluding hydrogens is 461 g/mol. The third kappa shape index (κ3) is 3.60. The van der Waals surface area contributed by atoms with E-state index in [1.54, 1.807) is 34.2 Å². The summed E-state index contributed by atoms with van der Waals surface area (Å²) in [5.74, 6) is -0.175. The summed E-state index contributed by atoms with van der Waals surface area (Å²) < 4.78 is 68.7. The van der Waals surface area contributed by atoms with Crippen molar-refractivity contribution in [1.82, 2.24) is 8.87 Å². The van der Waals surface area contributed by atoms with Crippen molar-refractivity contribution in [1.29, 1.82) is 0 Å². The van der Waals surface area contributed by atoms with E-state index in [4.69, 9.17) is 0 Å². The number of halogens is 3. The van der Waals surface area contributed by atoms with Crippen molar-refractivity contribution in [3.63, 3.8) is 0 Å². The second kappa shape index (κ2) is 7.57. The number of hydrogen-bond acceptors (Lipinski definition) is 4. The van der Waals surface area contributed by atoms with Crippen LogP contribution in [0.25, 0.3) is 11.1 Å². The molecule has 0 amide bonds. The number of piperidine rings is 1. The van der Waals surface area contributed by atoms with Gasteiger partial charge in [0.15, 0.2) is 0 Å². The Hall–Kier alpha value is -2.43. The molecule has 2 aliphatic rings. The number of aromatic nitrogens is 1. The van der Waals surface area contributed by atoms with E-state index in [9.17, 15) is 26.4 Å². The molecule has 0 aliphatic carbocycles. The van der Waals surface area contributed by atoms with E-state index in [1.807, 2.05) is 0 Å². The van der Waals surface area contributed by atoms with Crippen LogP contribution in [0.1, 0.15) is 23.6 Å². The molecule has 1 saturated heterocycles. The van der Waals surface area contributed by atoms with E-state index in [1.165, 1.54) is 27.8 Å². The molecule has 2 bridgehead atoms. The molecule has 0 N–H and O–H groups in total. The lowest BCUT2D eigenvalue weighted by Gasteiger charge is -2.42. The number of thiophene rings is 1. The number of alkyl halides is 3. The second-order valence-electron chi connectivity index (χ2n) is 8.22. The Kier molecular flexibility index (Phi) is 5.06. The van der Waals surface area contributed by atoms with Gasteiger partial charge in [-0.1, -0.05) is 18.2 Å². The SMILES string of the molecule is O=c1c(-c2cccc(C(F)(F)F)c2)ccc2n1C[C@@H]1C[C@@H]2CN(S(=O)(=O)c2cccs2)C1. The van der Waals surface area contributed by atoms with Crippen LogP contribution in [0.3, 0.4) is 0 Å². The molecule has 32 heavy (non-hydrogen) atoms. The van der Waals surface area contributed by atoms with Gasteiger partial charge in [-0.05, 0) is 53.6 Å². The van der Waals surface area contributed by atoms with Crippen molar-refractivity contribution < 1.29 is 21.6 Å². The molecule has 0 spiro atoms. The number of benzene rings is 1. The Morgan fingerprint density at radius 3 is 2.53 bits per heavy atom. The van der Waals surface area contributed by atoms with Gasteiger partial charge < -0.3 is 4.57 Å². The molecule has 1 aromatic carbocycles. The fourth-order valence-electron chi connectivity index (χ4n) is 4.72. The zero-order chi connectivity index (χ0) is 22.7. The molecule has 3 aromatic rings. The molecule has 10 heteroatoms. The van der Waals surface area contributed by atoms with E-state index in [0.717, 1.165) is 24.2 Å². The Morgan fingerprint density at radius 1 is 1.00 bits per heavy atom. The van der Waals surface area contributed by atoms with Crippen LogP contribution < -0.4 is 5.56 Å². The van der Waals surface area contributed by atoms with Crippen molar-refractivity contribution in [3.8, 4) is 11.1 Å². The van der Waals surface area contributed by atoms with Crippen LogP contribution in [0.15, 0.2) is 62.9 Å². The summed E-state index contributed by atoms with van der Waals surface area (Å²) in [6.07, 6.45) is -3.71. The van der Waals surface area contributed by atoms with Gasteiger partial charge in [0.1, 0.15) is 4.21 Å². The lowest BCUT2D eigenvalue weighted by Crippen LogP contribution is -2.49. The highest BCUT2D eigenvalue weighted by molar-refractivity contribution is 7.91. The minimum absolute atomic E-state index is 0.0366. The van der Waals surface area contributed by atoms with Crippen molar-refractivity contribution in [2.45, 2.75) is 29.3 Å². The number of rotatable bonds is 3. The Balaban J connectivity index is 1.50. The molecular formula is C22H19F3N2O3S2. The van der Waals surface area contributed by atoms with Gasteiger partial charge in [0.25, 0.3) is 15.6 Å². The van der Waals surface area contributed by atoms with E-state index in [0.29, 0.717) is 17.3 Å². The van der Waals surface area contributed by atoms with Crippen molar-refractivity contribution in [2.24, 2.45) is 5.92 Å². The van der Waals surface area contributed by atoms with Gasteiger partial charge in [0.2, 0.25) is 0 Å². The Bertz CT molecular complexity index is 1330. The quantitative estimate of drug-likeness (QED) is 0.558. The lowest BCUT2D eigenvalue weighted by atomic mass is 9.84. The monoisotopic (exact) mass is 480 g/mol. The van der Waals surface area contributed by atoms with Crippen molar-refractivity contribution >= 4 is 21.4 Å². The van der Waals surface area contributed by atoms with E-state index in [-0.39, 0.29) is 35.1 Å². The third-order valence-corrected chi connectivity index (χ3v) is 9.37. The largest absolute Gasteiger partial charge is 0.416 e. The molecule has 0 radical (unpaired) electrons. The molecule has 0 saturated carbocycles. The van der Waals surface area contributed by atoms with Crippen LogP contribution in [0.2, 0.25) is 0 Å². The number of sulfonamides is 1. The van der Waals surface area contributed by atoms with Gasteiger partial charge in [-0.2, -0.15) is 17.5 Å². The van der Waals surface area contributed by atoms with Crippen LogP contribution in [0.5, 0.6) is 0 Å². The van der Waals surface area contributed by atoms with Gasteiger partial charge in [-0.3, -0.25) is 4.79 Å². The number of fused-ring (bicyclic) bond motifs is 4. The predicted octanol–water partition coefficient (Wildman–Crippen LogP) is 4.40. The number of pyridine rings is 1. The normalized spacial score (nSPS) is 21.3. The standard InChI is InChI=1S/C22H19F3N2O3S2/c23-22(24,25)17-4-1-3-15(10-17)18-6-7-19-16-9-14(12-27(19)21(18)28)11-26(13-16)32(29,30)20-5-2-8-31-20/h1-8,10,14,16H,9,11-13H2/t14-,16-/m1/s1. The van der Waals surface area contributed by atoms with Crippen molar-refractivity contribution in [2.75, 3.05) is 13.1 Å². The van der Waals surface area contributed by atoms with Gasteiger partial charge >= 0.3 is 6.18 Å². The average molecular weight is 481 g/mol. The maximum absolute atomic E-state index is 13.2. The highest BCUT2D eigenvalue weighted by Crippen LogP contribution is 2.38. The first-order valence-electron chi connectivity index (χ1n) is 10.1. The minimum Gasteiger partial charge on any atom is -0.311 e. The lowest BCUT2D eigenvalue weighted by molar-refractivity contribution is -0.137. The Labute approximate surface area is 186 Å². The summed E-state index contributed by atoms with van der Waals surface area (Å²) in [5, 5.41) is 1.72. The topological polar surface area (TPSA) is 59.4 Å². The zero-order valence-electron chi connectivity index (χ0n) is 16.7. The number of hydrogen-bond donors (Lipinski definition) is 0. The highest BCUT2D eigenvalue weighted by atomic mass is 32.2. The molecule has 0 unspecified atom stereocenters. The smallest absolute Gasteiger partial charge is 0.311 e. The predicted molar refractivity (Wildman–Crippen MR) is 115 cm³/mol. The number of nitrogens with zero attached hydrogens (tertiary/aromatic N) is 2. The molecule has 2 atom stereocenters. The summed E-state index contributed by atoms with van der Waals surface area (Å²) in [6, 6.07) is 11.4. The minimum atomic E-state index is -4.49. The summed E-state index contributed by atoms with van der Waals surface area (Å²) in [5.41, 5.74) is 0.0169.